The van der Waals surface area contributed by atoms with Crippen LogP contribution >= 0.6 is 0 Å². The van der Waals surface area contributed by atoms with E-state index in [0.717, 1.165) is 54.9 Å². The number of aromatic nitrogens is 3. The van der Waals surface area contributed by atoms with Crippen molar-refractivity contribution in [3.05, 3.63) is 66.2 Å². The van der Waals surface area contributed by atoms with Gasteiger partial charge in [0.15, 0.2) is 0 Å². The van der Waals surface area contributed by atoms with Gasteiger partial charge in [-0.25, -0.2) is 9.97 Å². The molecule has 4 rings (SSSR count). The Morgan fingerprint density at radius 3 is 2.31 bits per heavy atom. The summed E-state index contributed by atoms with van der Waals surface area (Å²) in [5.41, 5.74) is 3.44. The van der Waals surface area contributed by atoms with Gasteiger partial charge in [0.2, 0.25) is 0 Å². The van der Waals surface area contributed by atoms with Gasteiger partial charge in [-0.15, -0.1) is 0 Å². The molecule has 3 aromatic rings. The maximum Gasteiger partial charge on any atom is 0.136 e. The Morgan fingerprint density at radius 2 is 1.59 bits per heavy atom. The van der Waals surface area contributed by atoms with Crippen LogP contribution in [0.1, 0.15) is 11.4 Å². The lowest BCUT2D eigenvalue weighted by atomic mass is 10.2. The summed E-state index contributed by atoms with van der Waals surface area (Å²) in [5, 5.41) is 6.75. The van der Waals surface area contributed by atoms with E-state index >= 15 is 0 Å². The number of nitrogens with zero attached hydrogens (tertiary/aromatic N) is 5. The summed E-state index contributed by atoms with van der Waals surface area (Å²) in [5.74, 6) is 2.30. The Hall–Kier alpha value is -3.19. The minimum absolute atomic E-state index is 0.693. The quantitative estimate of drug-likeness (QED) is 0.670. The molecule has 1 aliphatic heterocycles. The van der Waals surface area contributed by atoms with Crippen molar-refractivity contribution in [2.24, 2.45) is 0 Å². The summed E-state index contributed by atoms with van der Waals surface area (Å²) in [6.45, 7) is 6.95. The monoisotopic (exact) mass is 389 g/mol. The lowest BCUT2D eigenvalue weighted by Gasteiger charge is -2.34. The number of hydrogen-bond acceptors (Lipinski definition) is 7. The summed E-state index contributed by atoms with van der Waals surface area (Å²) in [6, 6.07) is 14.5. The summed E-state index contributed by atoms with van der Waals surface area (Å²) in [4.78, 5) is 17.8. The Morgan fingerprint density at radius 1 is 0.897 bits per heavy atom. The third kappa shape index (κ3) is 5.20. The molecule has 0 amide bonds. The average Bonchev–Trinajstić information content (AvgIpc) is 2.74. The van der Waals surface area contributed by atoms with Crippen molar-refractivity contribution in [3.8, 4) is 0 Å². The molecular formula is C22H27N7. The molecule has 0 unspecified atom stereocenters. The second-order valence-electron chi connectivity index (χ2n) is 7.36. The SMILES string of the molecule is Cc1nc(NCc2ccncc2)cc(Nc2ccc(N3CCN(C)CC3)cc2)n1. The highest BCUT2D eigenvalue weighted by molar-refractivity contribution is 5.62. The third-order valence-electron chi connectivity index (χ3n) is 5.07. The van der Waals surface area contributed by atoms with E-state index in [2.05, 4.69) is 66.7 Å². The molecule has 0 radical (unpaired) electrons. The van der Waals surface area contributed by atoms with Crippen LogP contribution in [0.2, 0.25) is 0 Å². The van der Waals surface area contributed by atoms with E-state index in [1.165, 1.54) is 5.69 Å². The van der Waals surface area contributed by atoms with E-state index < -0.39 is 0 Å². The zero-order valence-corrected chi connectivity index (χ0v) is 17.0. The molecule has 2 N–H and O–H groups in total. The van der Waals surface area contributed by atoms with Crippen LogP contribution in [0.15, 0.2) is 54.9 Å². The molecule has 1 saturated heterocycles. The van der Waals surface area contributed by atoms with Gasteiger partial charge in [-0.05, 0) is 55.9 Å². The molecule has 2 aromatic heterocycles. The van der Waals surface area contributed by atoms with Crippen LogP contribution in [-0.2, 0) is 6.54 Å². The largest absolute Gasteiger partial charge is 0.369 e. The van der Waals surface area contributed by atoms with Gasteiger partial charge in [0.25, 0.3) is 0 Å². The first-order valence-electron chi connectivity index (χ1n) is 9.95. The molecule has 150 valence electrons. The Bertz CT molecular complexity index is 920. The van der Waals surface area contributed by atoms with Crippen LogP contribution in [-0.4, -0.2) is 53.1 Å². The highest BCUT2D eigenvalue weighted by Gasteiger charge is 2.14. The fourth-order valence-electron chi connectivity index (χ4n) is 3.38. The van der Waals surface area contributed by atoms with Crippen LogP contribution in [0.5, 0.6) is 0 Å². The fourth-order valence-corrected chi connectivity index (χ4v) is 3.38. The number of hydrogen-bond donors (Lipinski definition) is 2. The first kappa shape index (κ1) is 19.1. The summed E-state index contributed by atoms with van der Waals surface area (Å²) < 4.78 is 0. The molecule has 29 heavy (non-hydrogen) atoms. The maximum atomic E-state index is 4.52. The lowest BCUT2D eigenvalue weighted by Crippen LogP contribution is -2.44. The summed E-state index contributed by atoms with van der Waals surface area (Å²) >= 11 is 0. The first-order valence-corrected chi connectivity index (χ1v) is 9.95. The molecular weight excluding hydrogens is 362 g/mol. The van der Waals surface area contributed by atoms with Gasteiger partial charge < -0.3 is 20.4 Å². The zero-order valence-electron chi connectivity index (χ0n) is 17.0. The van der Waals surface area contributed by atoms with E-state index in [1.807, 2.05) is 25.1 Å². The number of aryl methyl sites for hydroxylation is 1. The summed E-state index contributed by atoms with van der Waals surface area (Å²) in [6.07, 6.45) is 3.59. The Kier molecular flexibility index (Phi) is 5.86. The van der Waals surface area contributed by atoms with Crippen LogP contribution in [0, 0.1) is 6.92 Å². The van der Waals surface area contributed by atoms with Gasteiger partial charge >= 0.3 is 0 Å². The number of anilines is 4. The molecule has 0 atom stereocenters. The van der Waals surface area contributed by atoms with Gasteiger partial charge in [-0.2, -0.15) is 0 Å². The van der Waals surface area contributed by atoms with Gasteiger partial charge in [-0.1, -0.05) is 0 Å². The van der Waals surface area contributed by atoms with Gasteiger partial charge in [-0.3, -0.25) is 4.98 Å². The van der Waals surface area contributed by atoms with Crippen molar-refractivity contribution < 1.29 is 0 Å². The zero-order chi connectivity index (χ0) is 20.1. The Labute approximate surface area is 171 Å². The topological polar surface area (TPSA) is 69.2 Å². The van der Waals surface area contributed by atoms with Crippen LogP contribution in [0.4, 0.5) is 23.0 Å². The molecule has 1 aromatic carbocycles. The number of rotatable bonds is 6. The molecule has 0 spiro atoms. The van der Waals surface area contributed by atoms with Crippen molar-refractivity contribution in [3.63, 3.8) is 0 Å². The van der Waals surface area contributed by atoms with E-state index in [-0.39, 0.29) is 0 Å². The third-order valence-corrected chi connectivity index (χ3v) is 5.07. The number of benzene rings is 1. The van der Waals surface area contributed by atoms with Crippen molar-refractivity contribution in [1.82, 2.24) is 19.9 Å². The number of likely N-dealkylation sites (N-methyl/N-ethyl adjacent to an activating group) is 1. The van der Waals surface area contributed by atoms with Crippen LogP contribution in [0.25, 0.3) is 0 Å². The standard InChI is InChI=1S/C22H27N7/c1-17-25-21(24-16-18-7-9-23-10-8-18)15-22(26-17)27-19-3-5-20(6-4-19)29-13-11-28(2)12-14-29/h3-10,15H,11-14,16H2,1-2H3,(H2,24,25,26,27). The molecule has 3 heterocycles. The molecule has 0 aliphatic carbocycles. The molecule has 1 aliphatic rings. The number of piperazine rings is 1. The van der Waals surface area contributed by atoms with Crippen molar-refractivity contribution in [2.45, 2.75) is 13.5 Å². The highest BCUT2D eigenvalue weighted by Crippen LogP contribution is 2.22. The first-order chi connectivity index (χ1) is 14.2. The second kappa shape index (κ2) is 8.87. The molecule has 0 bridgehead atoms. The predicted molar refractivity (Wildman–Crippen MR) is 118 cm³/mol. The van der Waals surface area contributed by atoms with E-state index in [9.17, 15) is 0 Å². The van der Waals surface area contributed by atoms with Crippen LogP contribution < -0.4 is 15.5 Å². The predicted octanol–water partition coefficient (Wildman–Crippen LogP) is 3.29. The molecule has 7 nitrogen and oxygen atoms in total. The van der Waals surface area contributed by atoms with E-state index in [1.54, 1.807) is 12.4 Å². The van der Waals surface area contributed by atoms with E-state index in [4.69, 9.17) is 0 Å². The van der Waals surface area contributed by atoms with Gasteiger partial charge in [0, 0.05) is 62.6 Å². The average molecular weight is 390 g/mol. The molecule has 0 saturated carbocycles. The Balaban J connectivity index is 1.40. The van der Waals surface area contributed by atoms with Crippen molar-refractivity contribution >= 4 is 23.0 Å². The molecule has 1 fully saturated rings. The van der Waals surface area contributed by atoms with Crippen LogP contribution in [0.3, 0.4) is 0 Å². The lowest BCUT2D eigenvalue weighted by molar-refractivity contribution is 0.313. The van der Waals surface area contributed by atoms with Gasteiger partial charge in [0.1, 0.15) is 17.5 Å². The second-order valence-corrected chi connectivity index (χ2v) is 7.36. The minimum atomic E-state index is 0.693. The smallest absolute Gasteiger partial charge is 0.136 e. The van der Waals surface area contributed by atoms with Crippen molar-refractivity contribution in [2.75, 3.05) is 48.8 Å². The highest BCUT2D eigenvalue weighted by atomic mass is 15.2. The number of nitrogens with one attached hydrogen (secondary N) is 2. The molecule has 7 heteroatoms. The maximum absolute atomic E-state index is 4.52. The van der Waals surface area contributed by atoms with E-state index in [0.29, 0.717) is 6.54 Å². The van der Waals surface area contributed by atoms with Gasteiger partial charge in [0.05, 0.1) is 0 Å². The fraction of sp³-hybridized carbons (Fsp3) is 0.318. The normalized spacial score (nSPS) is 14.6. The minimum Gasteiger partial charge on any atom is -0.369 e. The summed E-state index contributed by atoms with van der Waals surface area (Å²) in [7, 11) is 2.17. The van der Waals surface area contributed by atoms with Crippen molar-refractivity contribution in [1.29, 1.82) is 0 Å². The number of pyridine rings is 1.